The molecule has 0 radical (unpaired) electrons. The number of carbonyl (C=O) groups excluding carboxylic acids is 1. The van der Waals surface area contributed by atoms with Crippen molar-refractivity contribution < 1.29 is 19.9 Å². The Balaban J connectivity index is 2.48. The second-order valence-electron chi connectivity index (χ2n) is 3.91. The van der Waals surface area contributed by atoms with E-state index in [4.69, 9.17) is 12.2 Å². The predicted octanol–water partition coefficient (Wildman–Crippen LogP) is 1.84. The molecule has 1 aliphatic rings. The Labute approximate surface area is 122 Å². The van der Waals surface area contributed by atoms with Crippen molar-refractivity contribution in [3.8, 4) is 11.5 Å². The van der Waals surface area contributed by atoms with Crippen molar-refractivity contribution in [1.29, 1.82) is 0 Å². The largest absolute Gasteiger partial charge is 0.504 e. The number of nitro benzene ring substituents is 1. The standard InChI is InChI=1S/C11H8N2O5S2/c1-12-10(16)8(20-11(12)19)4-5-2-6(13(17)18)9(15)7(14)3-5/h2-4,14-15H,1H3/b8-4-. The van der Waals surface area contributed by atoms with E-state index in [1.54, 1.807) is 0 Å². The summed E-state index contributed by atoms with van der Waals surface area (Å²) in [5, 5.41) is 29.6. The van der Waals surface area contributed by atoms with Gasteiger partial charge in [-0.25, -0.2) is 0 Å². The third-order valence-corrected chi connectivity index (χ3v) is 4.06. The fourth-order valence-electron chi connectivity index (χ4n) is 1.54. The maximum atomic E-state index is 11.8. The number of thioether (sulfide) groups is 1. The molecule has 2 rings (SSSR count). The van der Waals surface area contributed by atoms with Crippen molar-refractivity contribution >= 4 is 46.0 Å². The van der Waals surface area contributed by atoms with Crippen LogP contribution in [-0.2, 0) is 4.79 Å². The molecule has 1 aromatic rings. The quantitative estimate of drug-likeness (QED) is 0.282. The SMILES string of the molecule is CN1C(=O)/C(=C/c2cc(O)c(O)c([N+](=O)[O-])c2)SC1=S. The molecule has 1 heterocycles. The number of hydrogen-bond acceptors (Lipinski definition) is 7. The highest BCUT2D eigenvalue weighted by Crippen LogP contribution is 2.38. The van der Waals surface area contributed by atoms with Crippen LogP contribution in [-0.4, -0.2) is 37.3 Å². The molecule has 0 aromatic heterocycles. The molecule has 0 unspecified atom stereocenters. The maximum absolute atomic E-state index is 11.8. The van der Waals surface area contributed by atoms with Crippen LogP contribution in [0.4, 0.5) is 5.69 Å². The first-order chi connectivity index (χ1) is 9.31. The first-order valence-electron chi connectivity index (χ1n) is 5.23. The predicted molar refractivity (Wildman–Crippen MR) is 77.4 cm³/mol. The Morgan fingerprint density at radius 2 is 2.10 bits per heavy atom. The van der Waals surface area contributed by atoms with Crippen LogP contribution in [0.15, 0.2) is 17.0 Å². The van der Waals surface area contributed by atoms with Gasteiger partial charge in [-0.15, -0.1) is 0 Å². The zero-order chi connectivity index (χ0) is 15.0. The van der Waals surface area contributed by atoms with Gasteiger partial charge in [-0.3, -0.25) is 19.8 Å². The number of rotatable bonds is 2. The second kappa shape index (κ2) is 5.10. The molecule has 1 saturated heterocycles. The molecule has 104 valence electrons. The molecule has 1 fully saturated rings. The molecule has 20 heavy (non-hydrogen) atoms. The molecule has 0 saturated carbocycles. The number of aromatic hydroxyl groups is 2. The van der Waals surface area contributed by atoms with Crippen molar-refractivity contribution in [3.63, 3.8) is 0 Å². The van der Waals surface area contributed by atoms with Gasteiger partial charge in [0, 0.05) is 13.1 Å². The van der Waals surface area contributed by atoms with Crippen molar-refractivity contribution in [2.24, 2.45) is 0 Å². The Bertz CT molecular complexity index is 671. The molecule has 7 nitrogen and oxygen atoms in total. The van der Waals surface area contributed by atoms with Crippen LogP contribution in [0.3, 0.4) is 0 Å². The molecule has 0 spiro atoms. The number of nitro groups is 1. The normalized spacial score (nSPS) is 17.1. The first kappa shape index (κ1) is 14.3. The van der Waals surface area contributed by atoms with Crippen LogP contribution in [0.2, 0.25) is 0 Å². The number of hydrogen-bond donors (Lipinski definition) is 2. The second-order valence-corrected chi connectivity index (χ2v) is 5.58. The summed E-state index contributed by atoms with van der Waals surface area (Å²) in [6.45, 7) is 0. The summed E-state index contributed by atoms with van der Waals surface area (Å²) in [5.41, 5.74) is -0.413. The lowest BCUT2D eigenvalue weighted by atomic mass is 10.1. The minimum absolute atomic E-state index is 0.223. The molecule has 9 heteroatoms. The van der Waals surface area contributed by atoms with E-state index in [-0.39, 0.29) is 16.4 Å². The minimum Gasteiger partial charge on any atom is -0.504 e. The third kappa shape index (κ3) is 2.45. The number of phenols is 2. The molecular weight excluding hydrogens is 304 g/mol. The highest BCUT2D eigenvalue weighted by atomic mass is 32.2. The van der Waals surface area contributed by atoms with Gasteiger partial charge in [0.15, 0.2) is 5.75 Å². The van der Waals surface area contributed by atoms with E-state index >= 15 is 0 Å². The smallest absolute Gasteiger partial charge is 0.315 e. The van der Waals surface area contributed by atoms with Crippen LogP contribution in [0.1, 0.15) is 5.56 Å². The average Bonchev–Trinajstić information content (AvgIpc) is 2.61. The van der Waals surface area contributed by atoms with Crippen molar-refractivity contribution in [1.82, 2.24) is 4.90 Å². The monoisotopic (exact) mass is 312 g/mol. The van der Waals surface area contributed by atoms with E-state index in [0.717, 1.165) is 23.9 Å². The van der Waals surface area contributed by atoms with Gasteiger partial charge in [0.1, 0.15) is 4.32 Å². The summed E-state index contributed by atoms with van der Waals surface area (Å²) in [4.78, 5) is 23.3. The number of nitrogens with zero attached hydrogens (tertiary/aromatic N) is 2. The van der Waals surface area contributed by atoms with E-state index in [1.807, 2.05) is 0 Å². The van der Waals surface area contributed by atoms with Crippen LogP contribution in [0.5, 0.6) is 11.5 Å². The van der Waals surface area contributed by atoms with Crippen LogP contribution < -0.4 is 0 Å². The van der Waals surface area contributed by atoms with Gasteiger partial charge in [0.25, 0.3) is 5.91 Å². The van der Waals surface area contributed by atoms with Gasteiger partial charge in [-0.1, -0.05) is 24.0 Å². The molecule has 1 aromatic carbocycles. The van der Waals surface area contributed by atoms with Crippen molar-refractivity contribution in [3.05, 3.63) is 32.7 Å². The van der Waals surface area contributed by atoms with Crippen LogP contribution in [0, 0.1) is 10.1 Å². The Kier molecular flexibility index (Phi) is 3.64. The summed E-state index contributed by atoms with van der Waals surface area (Å²) in [5.74, 6) is -1.76. The highest BCUT2D eigenvalue weighted by Gasteiger charge is 2.29. The fourth-order valence-corrected chi connectivity index (χ4v) is 2.72. The minimum atomic E-state index is -0.822. The van der Waals surface area contributed by atoms with Gasteiger partial charge in [0.05, 0.1) is 9.83 Å². The lowest BCUT2D eigenvalue weighted by Gasteiger charge is -2.04. The number of thiocarbonyl (C=S) groups is 1. The molecule has 0 aliphatic carbocycles. The van der Waals surface area contributed by atoms with E-state index in [1.165, 1.54) is 18.0 Å². The van der Waals surface area contributed by atoms with Crippen LogP contribution >= 0.6 is 24.0 Å². The van der Waals surface area contributed by atoms with Gasteiger partial charge in [-0.05, 0) is 17.7 Å². The van der Waals surface area contributed by atoms with Gasteiger partial charge >= 0.3 is 5.69 Å². The number of carbonyl (C=O) groups is 1. The summed E-state index contributed by atoms with van der Waals surface area (Å²) >= 11 is 6.01. The number of phenolic OH excluding ortho intramolecular Hbond substituents is 2. The summed E-state index contributed by atoms with van der Waals surface area (Å²) in [6.07, 6.45) is 1.37. The maximum Gasteiger partial charge on any atom is 0.315 e. The van der Waals surface area contributed by atoms with Crippen LogP contribution in [0.25, 0.3) is 6.08 Å². The zero-order valence-corrected chi connectivity index (χ0v) is 11.7. The van der Waals surface area contributed by atoms with Gasteiger partial charge < -0.3 is 10.2 Å². The summed E-state index contributed by atoms with van der Waals surface area (Å²) < 4.78 is 0.374. The van der Waals surface area contributed by atoms with Gasteiger partial charge in [0.2, 0.25) is 5.75 Å². The Morgan fingerprint density at radius 1 is 1.45 bits per heavy atom. The third-order valence-electron chi connectivity index (χ3n) is 2.57. The lowest BCUT2D eigenvalue weighted by Crippen LogP contribution is -2.22. The van der Waals surface area contributed by atoms with E-state index < -0.39 is 22.1 Å². The number of amides is 1. The zero-order valence-electron chi connectivity index (χ0n) is 10.1. The number of likely N-dealkylation sites (N-methyl/N-ethyl adjacent to an activating group) is 1. The Morgan fingerprint density at radius 3 is 2.60 bits per heavy atom. The first-order valence-corrected chi connectivity index (χ1v) is 6.45. The lowest BCUT2D eigenvalue weighted by molar-refractivity contribution is -0.386. The summed E-state index contributed by atoms with van der Waals surface area (Å²) in [6, 6.07) is 2.20. The Hall–Kier alpha value is -2.13. The number of benzene rings is 1. The van der Waals surface area contributed by atoms with Crippen molar-refractivity contribution in [2.45, 2.75) is 0 Å². The molecular formula is C11H8N2O5S2. The van der Waals surface area contributed by atoms with E-state index in [2.05, 4.69) is 0 Å². The molecule has 0 atom stereocenters. The topological polar surface area (TPSA) is 104 Å². The summed E-state index contributed by atoms with van der Waals surface area (Å²) in [7, 11) is 1.52. The van der Waals surface area contributed by atoms with E-state index in [9.17, 15) is 25.1 Å². The molecule has 1 amide bonds. The highest BCUT2D eigenvalue weighted by molar-refractivity contribution is 8.26. The van der Waals surface area contributed by atoms with Crippen molar-refractivity contribution in [2.75, 3.05) is 7.05 Å². The molecule has 1 aliphatic heterocycles. The average molecular weight is 312 g/mol. The molecule has 0 bridgehead atoms. The fraction of sp³-hybridized carbons (Fsp3) is 0.0909. The van der Waals surface area contributed by atoms with Gasteiger partial charge in [-0.2, -0.15) is 0 Å². The van der Waals surface area contributed by atoms with E-state index in [0.29, 0.717) is 4.32 Å². The molecule has 2 N–H and O–H groups in total.